The Balaban J connectivity index is 1.61. The van der Waals surface area contributed by atoms with Crippen LogP contribution in [0.25, 0.3) is 10.9 Å². The number of fused-ring (bicyclic) bond motifs is 1. The number of rotatable bonds is 5. The highest BCUT2D eigenvalue weighted by atomic mass is 16.5. The first-order chi connectivity index (χ1) is 12.8. The molecule has 1 aliphatic rings. The van der Waals surface area contributed by atoms with Gasteiger partial charge < -0.3 is 19.1 Å². The molecule has 1 aromatic carbocycles. The maximum absolute atomic E-state index is 6.05. The molecule has 0 spiro atoms. The Morgan fingerprint density at radius 1 is 1.04 bits per heavy atom. The van der Waals surface area contributed by atoms with Crippen molar-refractivity contribution < 1.29 is 14.2 Å². The van der Waals surface area contributed by atoms with Crippen LogP contribution < -0.4 is 19.1 Å². The zero-order valence-corrected chi connectivity index (χ0v) is 14.8. The number of benzene rings is 1. The molecule has 1 saturated heterocycles. The normalized spacial score (nSPS) is 16.7. The van der Waals surface area contributed by atoms with E-state index in [9.17, 15) is 0 Å². The molecular weight excluding hydrogens is 332 g/mol. The fourth-order valence-electron chi connectivity index (χ4n) is 3.25. The summed E-state index contributed by atoms with van der Waals surface area (Å²) in [4.78, 5) is 15.1. The van der Waals surface area contributed by atoms with E-state index in [0.29, 0.717) is 11.5 Å². The van der Waals surface area contributed by atoms with Gasteiger partial charge in [-0.3, -0.25) is 4.98 Å². The molecule has 4 rings (SSSR count). The predicted molar refractivity (Wildman–Crippen MR) is 98.1 cm³/mol. The Morgan fingerprint density at radius 3 is 2.58 bits per heavy atom. The largest absolute Gasteiger partial charge is 0.493 e. The van der Waals surface area contributed by atoms with Crippen LogP contribution in [0.4, 0.5) is 5.82 Å². The number of hydrogen-bond donors (Lipinski definition) is 0. The molecule has 0 N–H and O–H groups in total. The van der Waals surface area contributed by atoms with Crippen LogP contribution in [0, 0.1) is 0 Å². The molecule has 1 fully saturated rings. The summed E-state index contributed by atoms with van der Waals surface area (Å²) in [5, 5.41) is 0.940. The van der Waals surface area contributed by atoms with Gasteiger partial charge in [-0.05, 0) is 18.2 Å². The Labute approximate surface area is 151 Å². The molecule has 0 aliphatic carbocycles. The molecule has 0 bridgehead atoms. The van der Waals surface area contributed by atoms with Gasteiger partial charge in [-0.15, -0.1) is 0 Å². The van der Waals surface area contributed by atoms with Crippen LogP contribution in [0.3, 0.4) is 0 Å². The van der Waals surface area contributed by atoms with E-state index in [4.69, 9.17) is 14.2 Å². The molecule has 0 radical (unpaired) electrons. The number of nitrogens with zero attached hydrogens (tertiary/aromatic N) is 4. The lowest BCUT2D eigenvalue weighted by Gasteiger charge is -2.20. The van der Waals surface area contributed by atoms with E-state index in [1.165, 1.54) is 0 Å². The summed E-state index contributed by atoms with van der Waals surface area (Å²) in [7, 11) is 3.24. The Kier molecular flexibility index (Phi) is 4.43. The van der Waals surface area contributed by atoms with Crippen LogP contribution in [-0.4, -0.2) is 48.4 Å². The minimum absolute atomic E-state index is 0.113. The molecule has 0 saturated carbocycles. The van der Waals surface area contributed by atoms with Gasteiger partial charge in [0.1, 0.15) is 24.0 Å². The zero-order valence-electron chi connectivity index (χ0n) is 14.8. The molecule has 134 valence electrons. The van der Waals surface area contributed by atoms with Gasteiger partial charge in [0.2, 0.25) is 0 Å². The van der Waals surface area contributed by atoms with Crippen molar-refractivity contribution in [1.29, 1.82) is 0 Å². The number of anilines is 1. The Hall–Kier alpha value is -3.09. The second-order valence-corrected chi connectivity index (χ2v) is 6.08. The molecule has 7 heteroatoms. The van der Waals surface area contributed by atoms with E-state index >= 15 is 0 Å². The van der Waals surface area contributed by atoms with Gasteiger partial charge in [0.15, 0.2) is 11.5 Å². The average Bonchev–Trinajstić information content (AvgIpc) is 3.15. The van der Waals surface area contributed by atoms with Gasteiger partial charge >= 0.3 is 0 Å². The molecular formula is C19H20N4O3. The van der Waals surface area contributed by atoms with Crippen molar-refractivity contribution >= 4 is 16.7 Å². The lowest BCUT2D eigenvalue weighted by atomic mass is 10.2. The third-order valence-corrected chi connectivity index (χ3v) is 4.52. The van der Waals surface area contributed by atoms with E-state index in [0.717, 1.165) is 42.0 Å². The highest BCUT2D eigenvalue weighted by Crippen LogP contribution is 2.35. The van der Waals surface area contributed by atoms with Gasteiger partial charge in [0.05, 0.1) is 26.3 Å². The minimum Gasteiger partial charge on any atom is -0.493 e. The molecule has 2 aromatic heterocycles. The standard InChI is InChI=1S/C19H20N4O3/c1-24-17-9-15-16(10-18(17)25-2)21-12-22-19(15)23-8-5-14(11-23)26-13-3-6-20-7-4-13/h3-4,6-7,9-10,12,14H,5,8,11H2,1-2H3. The van der Waals surface area contributed by atoms with Crippen molar-refractivity contribution in [2.75, 3.05) is 32.2 Å². The topological polar surface area (TPSA) is 69.6 Å². The third-order valence-electron chi connectivity index (χ3n) is 4.52. The van der Waals surface area contributed by atoms with Crippen molar-refractivity contribution in [3.63, 3.8) is 0 Å². The smallest absolute Gasteiger partial charge is 0.162 e. The number of hydrogen-bond acceptors (Lipinski definition) is 7. The summed E-state index contributed by atoms with van der Waals surface area (Å²) in [6.45, 7) is 1.64. The molecule has 26 heavy (non-hydrogen) atoms. The third kappa shape index (κ3) is 3.08. The Bertz CT molecular complexity index is 904. The summed E-state index contributed by atoms with van der Waals surface area (Å²) in [6.07, 6.45) is 6.10. The summed E-state index contributed by atoms with van der Waals surface area (Å²) >= 11 is 0. The molecule has 1 atom stereocenters. The van der Waals surface area contributed by atoms with Crippen molar-refractivity contribution in [3.8, 4) is 17.2 Å². The first-order valence-electron chi connectivity index (χ1n) is 8.47. The van der Waals surface area contributed by atoms with E-state index in [2.05, 4.69) is 19.9 Å². The van der Waals surface area contributed by atoms with E-state index in [-0.39, 0.29) is 6.10 Å². The van der Waals surface area contributed by atoms with Crippen molar-refractivity contribution in [2.24, 2.45) is 0 Å². The van der Waals surface area contributed by atoms with Crippen LogP contribution in [0.5, 0.6) is 17.2 Å². The van der Waals surface area contributed by atoms with Crippen molar-refractivity contribution in [2.45, 2.75) is 12.5 Å². The second-order valence-electron chi connectivity index (χ2n) is 6.08. The van der Waals surface area contributed by atoms with E-state index < -0.39 is 0 Å². The molecule has 1 unspecified atom stereocenters. The van der Waals surface area contributed by atoms with Gasteiger partial charge in [-0.25, -0.2) is 9.97 Å². The number of aromatic nitrogens is 3. The monoisotopic (exact) mass is 352 g/mol. The first kappa shape index (κ1) is 16.4. The van der Waals surface area contributed by atoms with Crippen LogP contribution in [-0.2, 0) is 0 Å². The maximum Gasteiger partial charge on any atom is 0.162 e. The molecule has 3 heterocycles. The quantitative estimate of drug-likeness (QED) is 0.699. The Morgan fingerprint density at radius 2 is 1.81 bits per heavy atom. The number of pyridine rings is 1. The SMILES string of the molecule is COc1cc2ncnc(N3CCC(Oc4ccncc4)C3)c2cc1OC. The van der Waals surface area contributed by atoms with E-state index in [1.807, 2.05) is 24.3 Å². The van der Waals surface area contributed by atoms with Crippen molar-refractivity contribution in [1.82, 2.24) is 15.0 Å². The fraction of sp³-hybridized carbons (Fsp3) is 0.316. The highest BCUT2D eigenvalue weighted by Gasteiger charge is 2.26. The van der Waals surface area contributed by atoms with Crippen molar-refractivity contribution in [3.05, 3.63) is 43.0 Å². The number of methoxy groups -OCH3 is 2. The first-order valence-corrected chi connectivity index (χ1v) is 8.47. The maximum atomic E-state index is 6.05. The summed E-state index contributed by atoms with van der Waals surface area (Å²) < 4.78 is 16.9. The summed E-state index contributed by atoms with van der Waals surface area (Å²) in [5.74, 6) is 3.05. The van der Waals surface area contributed by atoms with Crippen LogP contribution >= 0.6 is 0 Å². The van der Waals surface area contributed by atoms with Crippen LogP contribution in [0.1, 0.15) is 6.42 Å². The lowest BCUT2D eigenvalue weighted by molar-refractivity contribution is 0.224. The van der Waals surface area contributed by atoms with E-state index in [1.54, 1.807) is 32.9 Å². The zero-order chi connectivity index (χ0) is 17.9. The molecule has 0 amide bonds. The average molecular weight is 352 g/mol. The van der Waals surface area contributed by atoms with Gasteiger partial charge in [-0.2, -0.15) is 0 Å². The number of ether oxygens (including phenoxy) is 3. The van der Waals surface area contributed by atoms with Crippen LogP contribution in [0.2, 0.25) is 0 Å². The predicted octanol–water partition coefficient (Wildman–Crippen LogP) is 2.70. The van der Waals surface area contributed by atoms with Crippen LogP contribution in [0.15, 0.2) is 43.0 Å². The van der Waals surface area contributed by atoms with Gasteiger partial charge in [-0.1, -0.05) is 0 Å². The fourth-order valence-corrected chi connectivity index (χ4v) is 3.25. The molecule has 3 aromatic rings. The summed E-state index contributed by atoms with van der Waals surface area (Å²) in [6, 6.07) is 7.56. The lowest BCUT2D eigenvalue weighted by Crippen LogP contribution is -2.25. The molecule has 7 nitrogen and oxygen atoms in total. The van der Waals surface area contributed by atoms with Gasteiger partial charge in [0, 0.05) is 36.8 Å². The second kappa shape index (κ2) is 7.03. The minimum atomic E-state index is 0.113. The highest BCUT2D eigenvalue weighted by molar-refractivity contribution is 5.92. The summed E-state index contributed by atoms with van der Waals surface area (Å²) in [5.41, 5.74) is 0.825. The molecule has 1 aliphatic heterocycles. The van der Waals surface area contributed by atoms with Gasteiger partial charge in [0.25, 0.3) is 0 Å².